The van der Waals surface area contributed by atoms with Gasteiger partial charge in [0, 0.05) is 22.7 Å². The van der Waals surface area contributed by atoms with Crippen molar-refractivity contribution in [1.29, 1.82) is 0 Å². The van der Waals surface area contributed by atoms with Gasteiger partial charge in [-0.25, -0.2) is 4.68 Å². The summed E-state index contributed by atoms with van der Waals surface area (Å²) in [6, 6.07) is 12.0. The third-order valence-electron chi connectivity index (χ3n) is 4.91. The van der Waals surface area contributed by atoms with Gasteiger partial charge in [-0.05, 0) is 68.5 Å². The number of benzene rings is 2. The summed E-state index contributed by atoms with van der Waals surface area (Å²) in [5, 5.41) is 9.92. The highest BCUT2D eigenvalue weighted by Gasteiger charge is 2.23. The van der Waals surface area contributed by atoms with Crippen LogP contribution in [0, 0.1) is 13.8 Å². The molecule has 2 heterocycles. The second-order valence-corrected chi connectivity index (χ2v) is 7.73. The molecule has 3 nitrogen and oxygen atoms in total. The summed E-state index contributed by atoms with van der Waals surface area (Å²) in [5.41, 5.74) is 6.53. The van der Waals surface area contributed by atoms with Gasteiger partial charge < -0.3 is 5.32 Å². The van der Waals surface area contributed by atoms with E-state index in [1.807, 2.05) is 22.9 Å². The highest BCUT2D eigenvalue weighted by molar-refractivity contribution is 6.35. The molecule has 0 fully saturated rings. The van der Waals surface area contributed by atoms with E-state index in [-0.39, 0.29) is 0 Å². The normalized spacial score (nSPS) is 13.8. The Morgan fingerprint density at radius 1 is 1.04 bits per heavy atom. The van der Waals surface area contributed by atoms with Gasteiger partial charge in [-0.3, -0.25) is 0 Å². The lowest BCUT2D eigenvalue weighted by molar-refractivity contribution is 0.779. The number of aromatic nitrogens is 2. The molecule has 1 aromatic heterocycles. The number of anilines is 1. The van der Waals surface area contributed by atoms with Crippen LogP contribution in [0.25, 0.3) is 16.9 Å². The van der Waals surface area contributed by atoms with Crippen molar-refractivity contribution in [2.45, 2.75) is 33.1 Å². The second kappa shape index (κ2) is 6.98. The fraction of sp³-hybridized carbons (Fsp3) is 0.286. The zero-order valence-corrected chi connectivity index (χ0v) is 16.5. The molecule has 1 aliphatic heterocycles. The van der Waals surface area contributed by atoms with Crippen LogP contribution in [0.15, 0.2) is 36.4 Å². The maximum absolute atomic E-state index is 6.50. The molecule has 26 heavy (non-hydrogen) atoms. The first kappa shape index (κ1) is 17.4. The fourth-order valence-electron chi connectivity index (χ4n) is 3.52. The molecule has 0 atom stereocenters. The quantitative estimate of drug-likeness (QED) is 0.567. The zero-order chi connectivity index (χ0) is 18.3. The first-order valence-electron chi connectivity index (χ1n) is 8.93. The van der Waals surface area contributed by atoms with E-state index in [4.69, 9.17) is 28.3 Å². The Balaban J connectivity index is 1.98. The summed E-state index contributed by atoms with van der Waals surface area (Å²) in [6.45, 7) is 5.17. The number of fused-ring (bicyclic) bond motifs is 1. The number of hydrogen-bond donors (Lipinski definition) is 1. The van der Waals surface area contributed by atoms with Crippen LogP contribution in [0.1, 0.15) is 29.5 Å². The lowest BCUT2D eigenvalue weighted by atomic mass is 10.0. The summed E-state index contributed by atoms with van der Waals surface area (Å²) in [5.74, 6) is 1.07. The van der Waals surface area contributed by atoms with Crippen molar-refractivity contribution >= 4 is 29.0 Å². The molecule has 1 aliphatic rings. The third-order valence-corrected chi connectivity index (χ3v) is 5.47. The van der Waals surface area contributed by atoms with E-state index >= 15 is 0 Å². The number of hydrogen-bond acceptors (Lipinski definition) is 2. The summed E-state index contributed by atoms with van der Waals surface area (Å²) < 4.78 is 2.04. The lowest BCUT2D eigenvalue weighted by Gasteiger charge is -2.12. The molecule has 3 aromatic rings. The largest absolute Gasteiger partial charge is 0.370 e. The molecule has 1 N–H and O–H groups in total. The molecule has 0 bridgehead atoms. The van der Waals surface area contributed by atoms with Crippen LogP contribution in [0.3, 0.4) is 0 Å². The van der Waals surface area contributed by atoms with Gasteiger partial charge in [0.2, 0.25) is 0 Å². The number of rotatable bonds is 2. The van der Waals surface area contributed by atoms with Crippen LogP contribution in [-0.2, 0) is 6.42 Å². The van der Waals surface area contributed by atoms with Gasteiger partial charge in [0.1, 0.15) is 5.82 Å². The highest BCUT2D eigenvalue weighted by Crippen LogP contribution is 2.38. The van der Waals surface area contributed by atoms with Crippen LogP contribution >= 0.6 is 23.2 Å². The summed E-state index contributed by atoms with van der Waals surface area (Å²) in [7, 11) is 0. The van der Waals surface area contributed by atoms with Crippen LogP contribution < -0.4 is 5.32 Å². The van der Waals surface area contributed by atoms with Gasteiger partial charge in [0.15, 0.2) is 0 Å². The standard InChI is InChI=1S/C21H21Cl2N3/c1-13-6-7-14(2)19(11-13)26-21-16(5-3-4-10-24-21)20(25-26)17-12-15(22)8-9-18(17)23/h6-9,11-12,24H,3-5,10H2,1-2H3. The first-order valence-corrected chi connectivity index (χ1v) is 9.69. The molecular formula is C21H21Cl2N3. The van der Waals surface area contributed by atoms with Crippen molar-refractivity contribution in [3.05, 3.63) is 63.1 Å². The Morgan fingerprint density at radius 2 is 1.88 bits per heavy atom. The number of nitrogens with zero attached hydrogens (tertiary/aromatic N) is 2. The van der Waals surface area contributed by atoms with E-state index in [9.17, 15) is 0 Å². The average Bonchev–Trinajstić information content (AvgIpc) is 2.80. The minimum Gasteiger partial charge on any atom is -0.370 e. The van der Waals surface area contributed by atoms with E-state index in [0.717, 1.165) is 48.6 Å². The van der Waals surface area contributed by atoms with E-state index in [0.29, 0.717) is 10.0 Å². The zero-order valence-electron chi connectivity index (χ0n) is 14.9. The maximum Gasteiger partial charge on any atom is 0.133 e. The predicted molar refractivity (Wildman–Crippen MR) is 110 cm³/mol. The van der Waals surface area contributed by atoms with Gasteiger partial charge >= 0.3 is 0 Å². The molecule has 0 aliphatic carbocycles. The fourth-order valence-corrected chi connectivity index (χ4v) is 3.90. The minimum atomic E-state index is 0.668. The first-order chi connectivity index (χ1) is 12.5. The Labute approximate surface area is 163 Å². The molecule has 134 valence electrons. The molecule has 0 radical (unpaired) electrons. The van der Waals surface area contributed by atoms with Crippen LogP contribution in [0.4, 0.5) is 5.82 Å². The smallest absolute Gasteiger partial charge is 0.133 e. The average molecular weight is 386 g/mol. The van der Waals surface area contributed by atoms with Crippen molar-refractivity contribution in [3.63, 3.8) is 0 Å². The molecule has 0 spiro atoms. The lowest BCUT2D eigenvalue weighted by Crippen LogP contribution is -2.08. The maximum atomic E-state index is 6.50. The van der Waals surface area contributed by atoms with Gasteiger partial charge in [-0.15, -0.1) is 0 Å². The van der Waals surface area contributed by atoms with Crippen LogP contribution in [0.2, 0.25) is 10.0 Å². The van der Waals surface area contributed by atoms with Crippen molar-refractivity contribution in [2.75, 3.05) is 11.9 Å². The van der Waals surface area contributed by atoms with E-state index in [2.05, 4.69) is 37.4 Å². The molecule has 4 rings (SSSR count). The van der Waals surface area contributed by atoms with E-state index < -0.39 is 0 Å². The van der Waals surface area contributed by atoms with E-state index in [1.165, 1.54) is 16.7 Å². The third kappa shape index (κ3) is 3.10. The Hall–Kier alpha value is -1.97. The van der Waals surface area contributed by atoms with Crippen LogP contribution in [0.5, 0.6) is 0 Å². The predicted octanol–water partition coefficient (Wildman–Crippen LogP) is 6.21. The Morgan fingerprint density at radius 3 is 2.73 bits per heavy atom. The second-order valence-electron chi connectivity index (χ2n) is 6.89. The van der Waals surface area contributed by atoms with Gasteiger partial charge in [0.25, 0.3) is 0 Å². The van der Waals surface area contributed by atoms with E-state index in [1.54, 1.807) is 0 Å². The van der Waals surface area contributed by atoms with Crippen molar-refractivity contribution in [2.24, 2.45) is 0 Å². The summed E-state index contributed by atoms with van der Waals surface area (Å²) in [6.07, 6.45) is 3.25. The van der Waals surface area contributed by atoms with Crippen molar-refractivity contribution in [3.8, 4) is 16.9 Å². The van der Waals surface area contributed by atoms with Crippen LogP contribution in [-0.4, -0.2) is 16.3 Å². The van der Waals surface area contributed by atoms with Gasteiger partial charge in [-0.2, -0.15) is 5.10 Å². The van der Waals surface area contributed by atoms with Gasteiger partial charge in [0.05, 0.1) is 16.4 Å². The SMILES string of the molecule is Cc1ccc(C)c(-n2nc(-c3cc(Cl)ccc3Cl)c3c2NCCCC3)c1. The Bertz CT molecular complexity index is 900. The molecule has 0 saturated carbocycles. The summed E-state index contributed by atoms with van der Waals surface area (Å²) >= 11 is 12.7. The Kier molecular flexibility index (Phi) is 4.68. The highest BCUT2D eigenvalue weighted by atomic mass is 35.5. The molecule has 0 saturated heterocycles. The molecule has 0 unspecified atom stereocenters. The number of aryl methyl sites for hydroxylation is 2. The number of halogens is 2. The molecule has 2 aromatic carbocycles. The molecule has 5 heteroatoms. The van der Waals surface area contributed by atoms with Gasteiger partial charge in [-0.1, -0.05) is 35.3 Å². The molecule has 0 amide bonds. The monoisotopic (exact) mass is 385 g/mol. The van der Waals surface area contributed by atoms with Crippen molar-refractivity contribution in [1.82, 2.24) is 9.78 Å². The number of nitrogens with one attached hydrogen (secondary N) is 1. The molecular weight excluding hydrogens is 365 g/mol. The topological polar surface area (TPSA) is 29.9 Å². The van der Waals surface area contributed by atoms with Crippen molar-refractivity contribution < 1.29 is 0 Å². The minimum absolute atomic E-state index is 0.668. The summed E-state index contributed by atoms with van der Waals surface area (Å²) in [4.78, 5) is 0.